The summed E-state index contributed by atoms with van der Waals surface area (Å²) in [7, 11) is -3.93. The largest absolute Gasteiger partial charge is 0.417 e. The topological polar surface area (TPSA) is 43.4 Å². The molecule has 2 unspecified atom stereocenters. The van der Waals surface area contributed by atoms with Gasteiger partial charge in [-0.1, -0.05) is 34.6 Å². The Kier molecular flexibility index (Phi) is 5.67. The monoisotopic (exact) mass is 294 g/mol. The van der Waals surface area contributed by atoms with E-state index in [2.05, 4.69) is 20.8 Å². The van der Waals surface area contributed by atoms with Crippen LogP contribution in [0.25, 0.3) is 0 Å². The molecule has 0 aliphatic rings. The SMILES string of the molecule is CCC(C)(O[SiH2]C(C)(C)C)C(C)(CC)S(C)(=O)=O. The molecule has 0 aromatic heterocycles. The summed E-state index contributed by atoms with van der Waals surface area (Å²) in [5.74, 6) is 0. The van der Waals surface area contributed by atoms with Crippen LogP contribution in [-0.4, -0.2) is 34.8 Å². The Morgan fingerprint density at radius 1 is 1.00 bits per heavy atom. The average Bonchev–Trinajstić information content (AvgIpc) is 2.22. The van der Waals surface area contributed by atoms with Crippen LogP contribution in [0.5, 0.6) is 0 Å². The van der Waals surface area contributed by atoms with Crippen molar-refractivity contribution in [1.82, 2.24) is 0 Å². The van der Waals surface area contributed by atoms with Crippen LogP contribution in [0, 0.1) is 0 Å². The molecule has 0 amide bonds. The maximum atomic E-state index is 12.1. The third-order valence-corrected chi connectivity index (χ3v) is 8.11. The second-order valence-electron chi connectivity index (χ2n) is 6.79. The Bertz CT molecular complexity index is 372. The molecule has 0 saturated heterocycles. The van der Waals surface area contributed by atoms with Crippen LogP contribution in [0.3, 0.4) is 0 Å². The molecule has 0 saturated carbocycles. The average molecular weight is 295 g/mol. The molecule has 0 aliphatic carbocycles. The first-order valence-electron chi connectivity index (χ1n) is 6.66. The molecule has 0 aromatic carbocycles. The molecule has 110 valence electrons. The second kappa shape index (κ2) is 5.63. The Labute approximate surface area is 116 Å². The normalized spacial score (nSPS) is 20.9. The number of sulfone groups is 1. The fraction of sp³-hybridized carbons (Fsp3) is 1.00. The van der Waals surface area contributed by atoms with Crippen LogP contribution in [0.15, 0.2) is 0 Å². The van der Waals surface area contributed by atoms with Crippen molar-refractivity contribution in [3.63, 3.8) is 0 Å². The number of hydrogen-bond donors (Lipinski definition) is 0. The van der Waals surface area contributed by atoms with E-state index in [1.165, 1.54) is 6.26 Å². The van der Waals surface area contributed by atoms with Crippen LogP contribution in [0.1, 0.15) is 61.3 Å². The van der Waals surface area contributed by atoms with Gasteiger partial charge in [-0.2, -0.15) is 0 Å². The molecule has 0 spiro atoms. The van der Waals surface area contributed by atoms with Crippen molar-refractivity contribution < 1.29 is 12.8 Å². The molecule has 0 fully saturated rings. The summed E-state index contributed by atoms with van der Waals surface area (Å²) < 4.78 is 29.7. The van der Waals surface area contributed by atoms with E-state index in [1.54, 1.807) is 0 Å². The molecule has 2 atom stereocenters. The first-order valence-corrected chi connectivity index (χ1v) is 9.84. The molecule has 0 aromatic rings. The summed E-state index contributed by atoms with van der Waals surface area (Å²) in [6, 6.07) is 0. The summed E-state index contributed by atoms with van der Waals surface area (Å²) in [6.45, 7) is 14.2. The quantitative estimate of drug-likeness (QED) is 0.707. The zero-order valence-corrected chi connectivity index (χ0v) is 15.5. The summed E-state index contributed by atoms with van der Waals surface area (Å²) in [5, 5.41) is 0.169. The minimum atomic E-state index is -3.15. The van der Waals surface area contributed by atoms with E-state index in [0.717, 1.165) is 0 Å². The van der Waals surface area contributed by atoms with Crippen LogP contribution in [0.4, 0.5) is 0 Å². The van der Waals surface area contributed by atoms with Gasteiger partial charge in [0.25, 0.3) is 0 Å². The highest BCUT2D eigenvalue weighted by Gasteiger charge is 2.50. The van der Waals surface area contributed by atoms with Crippen molar-refractivity contribution in [2.45, 2.75) is 76.7 Å². The van der Waals surface area contributed by atoms with E-state index in [9.17, 15) is 8.42 Å². The lowest BCUT2D eigenvalue weighted by Crippen LogP contribution is -2.56. The predicted molar refractivity (Wildman–Crippen MR) is 81.6 cm³/mol. The highest BCUT2D eigenvalue weighted by atomic mass is 32.2. The minimum absolute atomic E-state index is 0.169. The van der Waals surface area contributed by atoms with Gasteiger partial charge in [0.1, 0.15) is 0 Å². The van der Waals surface area contributed by atoms with Crippen molar-refractivity contribution in [1.29, 1.82) is 0 Å². The zero-order chi connectivity index (χ0) is 14.8. The van der Waals surface area contributed by atoms with Crippen LogP contribution >= 0.6 is 0 Å². The molecular weight excluding hydrogens is 264 g/mol. The maximum Gasteiger partial charge on any atom is 0.167 e. The molecule has 5 heteroatoms. The Morgan fingerprint density at radius 2 is 1.44 bits per heavy atom. The van der Waals surface area contributed by atoms with E-state index in [1.807, 2.05) is 27.7 Å². The van der Waals surface area contributed by atoms with E-state index < -0.39 is 29.9 Å². The molecule has 0 N–H and O–H groups in total. The van der Waals surface area contributed by atoms with Gasteiger partial charge < -0.3 is 4.43 Å². The van der Waals surface area contributed by atoms with Gasteiger partial charge in [-0.05, 0) is 31.7 Å². The van der Waals surface area contributed by atoms with Crippen molar-refractivity contribution >= 4 is 19.6 Å². The summed E-state index contributed by atoms with van der Waals surface area (Å²) in [6.07, 6.45) is 2.62. The second-order valence-corrected chi connectivity index (χ2v) is 11.9. The number of hydrogen-bond acceptors (Lipinski definition) is 3. The Hall–Kier alpha value is 0.127. The predicted octanol–water partition coefficient (Wildman–Crippen LogP) is 2.69. The molecule has 0 aliphatic heterocycles. The van der Waals surface area contributed by atoms with Crippen molar-refractivity contribution in [2.24, 2.45) is 0 Å². The van der Waals surface area contributed by atoms with Crippen molar-refractivity contribution in [2.75, 3.05) is 6.26 Å². The van der Waals surface area contributed by atoms with E-state index in [0.29, 0.717) is 12.8 Å². The van der Waals surface area contributed by atoms with Gasteiger partial charge in [-0.3, -0.25) is 0 Å². The first kappa shape index (κ1) is 18.1. The van der Waals surface area contributed by atoms with E-state index >= 15 is 0 Å². The molecule has 18 heavy (non-hydrogen) atoms. The molecule has 0 heterocycles. The van der Waals surface area contributed by atoms with Crippen LogP contribution < -0.4 is 0 Å². The zero-order valence-electron chi connectivity index (χ0n) is 13.3. The van der Waals surface area contributed by atoms with Gasteiger partial charge in [0, 0.05) is 6.26 Å². The van der Waals surface area contributed by atoms with Crippen LogP contribution in [0.2, 0.25) is 5.04 Å². The Morgan fingerprint density at radius 3 is 1.67 bits per heavy atom. The fourth-order valence-corrected chi connectivity index (χ4v) is 4.92. The number of rotatable bonds is 6. The van der Waals surface area contributed by atoms with Gasteiger partial charge >= 0.3 is 0 Å². The Balaban J connectivity index is 5.38. The summed E-state index contributed by atoms with van der Waals surface area (Å²) >= 11 is 0. The van der Waals surface area contributed by atoms with E-state index in [-0.39, 0.29) is 5.04 Å². The maximum absolute atomic E-state index is 12.1. The summed E-state index contributed by atoms with van der Waals surface area (Å²) in [4.78, 5) is 0. The fourth-order valence-electron chi connectivity index (χ4n) is 2.03. The lowest BCUT2D eigenvalue weighted by atomic mass is 9.85. The smallest absolute Gasteiger partial charge is 0.167 e. The van der Waals surface area contributed by atoms with E-state index in [4.69, 9.17) is 4.43 Å². The first-order chi connectivity index (χ1) is 7.83. The van der Waals surface area contributed by atoms with Gasteiger partial charge in [0.15, 0.2) is 19.6 Å². The van der Waals surface area contributed by atoms with Gasteiger partial charge in [-0.25, -0.2) is 8.42 Å². The molecular formula is C13H30O3SSi. The van der Waals surface area contributed by atoms with Crippen molar-refractivity contribution in [3.8, 4) is 0 Å². The lowest BCUT2D eigenvalue weighted by Gasteiger charge is -2.45. The third kappa shape index (κ3) is 3.81. The highest BCUT2D eigenvalue weighted by Crippen LogP contribution is 2.39. The van der Waals surface area contributed by atoms with Crippen molar-refractivity contribution in [3.05, 3.63) is 0 Å². The summed E-state index contributed by atoms with van der Waals surface area (Å²) in [5.41, 5.74) is -0.588. The highest BCUT2D eigenvalue weighted by molar-refractivity contribution is 7.92. The molecule has 0 radical (unpaired) electrons. The standard InChI is InChI=1S/C13H30O3SSi/c1-9-12(6,16-18-11(3,4)5)13(7,10-2)17(8,14)15/h9-10,18H2,1-8H3. The molecule has 0 rings (SSSR count). The molecule has 0 bridgehead atoms. The third-order valence-electron chi connectivity index (χ3n) is 4.11. The van der Waals surface area contributed by atoms with Crippen LogP contribution in [-0.2, 0) is 14.3 Å². The lowest BCUT2D eigenvalue weighted by molar-refractivity contribution is 0.0411. The van der Waals surface area contributed by atoms with Gasteiger partial charge in [0.05, 0.1) is 10.3 Å². The van der Waals surface area contributed by atoms with Gasteiger partial charge in [0.2, 0.25) is 0 Å². The minimum Gasteiger partial charge on any atom is -0.417 e. The van der Waals surface area contributed by atoms with Gasteiger partial charge in [-0.15, -0.1) is 0 Å². The molecule has 3 nitrogen and oxygen atoms in total.